The number of nitrogens with one attached hydrogen (secondary N) is 2. The van der Waals surface area contributed by atoms with Gasteiger partial charge in [0.05, 0.1) is 5.69 Å². The van der Waals surface area contributed by atoms with E-state index in [1.807, 2.05) is 0 Å². The Morgan fingerprint density at radius 2 is 2.06 bits per heavy atom. The van der Waals surface area contributed by atoms with Crippen molar-refractivity contribution in [3.8, 4) is 0 Å². The zero-order chi connectivity index (χ0) is 11.7. The maximum absolute atomic E-state index is 4.66. The van der Waals surface area contributed by atoms with Crippen molar-refractivity contribution in [1.82, 2.24) is 15.3 Å². The van der Waals surface area contributed by atoms with Crippen molar-refractivity contribution in [2.24, 2.45) is 0 Å². The van der Waals surface area contributed by atoms with Gasteiger partial charge in [0.1, 0.15) is 11.6 Å². The number of fused-ring (bicyclic) bond motifs is 1. The molecule has 1 saturated carbocycles. The maximum atomic E-state index is 4.66. The molecule has 0 amide bonds. The molecule has 2 heterocycles. The summed E-state index contributed by atoms with van der Waals surface area (Å²) in [7, 11) is 0. The molecule has 1 aliphatic heterocycles. The highest BCUT2D eigenvalue weighted by Gasteiger charge is 2.22. The topological polar surface area (TPSA) is 49.8 Å². The first-order valence-corrected chi connectivity index (χ1v) is 6.72. The van der Waals surface area contributed by atoms with Crippen LogP contribution in [0.15, 0.2) is 0 Å². The van der Waals surface area contributed by atoms with Crippen LogP contribution in [0.3, 0.4) is 0 Å². The summed E-state index contributed by atoms with van der Waals surface area (Å²) in [6.07, 6.45) is 6.18. The first-order chi connectivity index (χ1) is 8.36. The molecular formula is C13H20N4. The molecule has 1 fully saturated rings. The van der Waals surface area contributed by atoms with Gasteiger partial charge in [0, 0.05) is 31.1 Å². The van der Waals surface area contributed by atoms with E-state index in [-0.39, 0.29) is 0 Å². The van der Waals surface area contributed by atoms with Crippen molar-refractivity contribution in [3.63, 3.8) is 0 Å². The largest absolute Gasteiger partial charge is 0.367 e. The fourth-order valence-electron chi connectivity index (χ4n) is 2.76. The Bertz CT molecular complexity index is 410. The highest BCUT2D eigenvalue weighted by molar-refractivity contribution is 5.49. The smallest absolute Gasteiger partial charge is 0.134 e. The Balaban J connectivity index is 1.88. The van der Waals surface area contributed by atoms with Gasteiger partial charge >= 0.3 is 0 Å². The van der Waals surface area contributed by atoms with Crippen molar-refractivity contribution in [2.75, 3.05) is 5.32 Å². The molecule has 1 aromatic rings. The van der Waals surface area contributed by atoms with Crippen molar-refractivity contribution in [3.05, 3.63) is 17.1 Å². The van der Waals surface area contributed by atoms with Crippen molar-refractivity contribution < 1.29 is 0 Å². The highest BCUT2D eigenvalue weighted by Crippen LogP contribution is 2.26. The van der Waals surface area contributed by atoms with Crippen LogP contribution in [-0.4, -0.2) is 16.0 Å². The lowest BCUT2D eigenvalue weighted by Gasteiger charge is -2.16. The predicted octanol–water partition coefficient (Wildman–Crippen LogP) is 2.00. The highest BCUT2D eigenvalue weighted by atomic mass is 15.1. The number of aryl methyl sites for hydroxylation is 1. The molecule has 1 aliphatic carbocycles. The quantitative estimate of drug-likeness (QED) is 0.837. The van der Waals surface area contributed by atoms with Crippen LogP contribution in [0, 0.1) is 0 Å². The molecule has 0 bridgehead atoms. The van der Waals surface area contributed by atoms with Crippen LogP contribution in [0.2, 0.25) is 0 Å². The van der Waals surface area contributed by atoms with E-state index in [0.717, 1.165) is 31.2 Å². The molecule has 17 heavy (non-hydrogen) atoms. The molecule has 3 rings (SSSR count). The van der Waals surface area contributed by atoms with E-state index in [2.05, 4.69) is 27.5 Å². The monoisotopic (exact) mass is 232 g/mol. The van der Waals surface area contributed by atoms with Gasteiger partial charge in [-0.25, -0.2) is 9.97 Å². The van der Waals surface area contributed by atoms with Gasteiger partial charge in [-0.2, -0.15) is 0 Å². The van der Waals surface area contributed by atoms with E-state index in [0.29, 0.717) is 6.04 Å². The van der Waals surface area contributed by atoms with E-state index in [1.54, 1.807) is 0 Å². The van der Waals surface area contributed by atoms with Crippen LogP contribution < -0.4 is 10.6 Å². The van der Waals surface area contributed by atoms with Crippen molar-refractivity contribution in [2.45, 2.75) is 58.2 Å². The van der Waals surface area contributed by atoms with Crippen molar-refractivity contribution >= 4 is 5.82 Å². The fourth-order valence-corrected chi connectivity index (χ4v) is 2.76. The van der Waals surface area contributed by atoms with Gasteiger partial charge < -0.3 is 10.6 Å². The average Bonchev–Trinajstić information content (AvgIpc) is 2.98. The van der Waals surface area contributed by atoms with Crippen LogP contribution in [0.25, 0.3) is 0 Å². The van der Waals surface area contributed by atoms with E-state index in [9.17, 15) is 0 Å². The normalized spacial score (nSPS) is 19.6. The molecule has 0 radical (unpaired) electrons. The minimum absolute atomic E-state index is 0.624. The second-order valence-electron chi connectivity index (χ2n) is 5.00. The predicted molar refractivity (Wildman–Crippen MR) is 67.8 cm³/mol. The number of rotatable bonds is 3. The molecule has 4 heteroatoms. The molecule has 4 nitrogen and oxygen atoms in total. The van der Waals surface area contributed by atoms with Crippen LogP contribution in [0.1, 0.15) is 49.7 Å². The van der Waals surface area contributed by atoms with Gasteiger partial charge in [-0.1, -0.05) is 19.8 Å². The maximum Gasteiger partial charge on any atom is 0.134 e. The summed E-state index contributed by atoms with van der Waals surface area (Å²) in [5.41, 5.74) is 2.48. The average molecular weight is 232 g/mol. The van der Waals surface area contributed by atoms with Crippen LogP contribution in [-0.2, 0) is 19.5 Å². The lowest BCUT2D eigenvalue weighted by Crippen LogP contribution is -2.18. The number of anilines is 1. The van der Waals surface area contributed by atoms with E-state index in [1.165, 1.54) is 36.9 Å². The lowest BCUT2D eigenvalue weighted by atomic mass is 10.2. The minimum Gasteiger partial charge on any atom is -0.367 e. The number of hydrogen-bond acceptors (Lipinski definition) is 4. The molecule has 0 aromatic carbocycles. The van der Waals surface area contributed by atoms with Gasteiger partial charge in [0.25, 0.3) is 0 Å². The standard InChI is InChI=1S/C13H20N4/c1-2-12-16-11-8-14-7-10(11)13(17-12)15-9-5-3-4-6-9/h9,14H,2-8H2,1H3,(H,15,16,17). The SMILES string of the molecule is CCc1nc2c(c(NC3CCCC3)n1)CNC2. The molecule has 0 atom stereocenters. The number of hydrogen-bond donors (Lipinski definition) is 2. The molecule has 0 unspecified atom stereocenters. The molecule has 92 valence electrons. The van der Waals surface area contributed by atoms with Crippen LogP contribution in [0.5, 0.6) is 0 Å². The first-order valence-electron chi connectivity index (χ1n) is 6.72. The lowest BCUT2D eigenvalue weighted by molar-refractivity contribution is 0.740. The fraction of sp³-hybridized carbons (Fsp3) is 0.692. The second-order valence-corrected chi connectivity index (χ2v) is 5.00. The summed E-state index contributed by atoms with van der Waals surface area (Å²) in [6, 6.07) is 0.624. The Morgan fingerprint density at radius 1 is 1.24 bits per heavy atom. The first kappa shape index (κ1) is 11.0. The summed E-state index contributed by atoms with van der Waals surface area (Å²) in [5.74, 6) is 2.05. The minimum atomic E-state index is 0.624. The van der Waals surface area contributed by atoms with Gasteiger partial charge in [0.2, 0.25) is 0 Å². The molecule has 2 aliphatic rings. The second kappa shape index (κ2) is 4.61. The van der Waals surface area contributed by atoms with Crippen LogP contribution in [0.4, 0.5) is 5.82 Å². The Kier molecular flexibility index (Phi) is 2.97. The molecule has 2 N–H and O–H groups in total. The summed E-state index contributed by atoms with van der Waals surface area (Å²) in [5, 5.41) is 6.99. The molecule has 0 spiro atoms. The molecular weight excluding hydrogens is 212 g/mol. The third-order valence-corrected chi connectivity index (χ3v) is 3.75. The summed E-state index contributed by atoms with van der Waals surface area (Å²) in [6.45, 7) is 3.92. The van der Waals surface area contributed by atoms with Gasteiger partial charge in [-0.05, 0) is 12.8 Å². The summed E-state index contributed by atoms with van der Waals surface area (Å²) in [4.78, 5) is 9.26. The van der Waals surface area contributed by atoms with Gasteiger partial charge in [-0.15, -0.1) is 0 Å². The number of nitrogens with zero attached hydrogens (tertiary/aromatic N) is 2. The van der Waals surface area contributed by atoms with E-state index < -0.39 is 0 Å². The molecule has 0 saturated heterocycles. The van der Waals surface area contributed by atoms with Crippen molar-refractivity contribution in [1.29, 1.82) is 0 Å². The van der Waals surface area contributed by atoms with E-state index in [4.69, 9.17) is 0 Å². The number of aromatic nitrogens is 2. The van der Waals surface area contributed by atoms with Crippen LogP contribution >= 0.6 is 0 Å². The van der Waals surface area contributed by atoms with Gasteiger partial charge in [-0.3, -0.25) is 0 Å². The summed E-state index contributed by atoms with van der Waals surface area (Å²) < 4.78 is 0. The zero-order valence-electron chi connectivity index (χ0n) is 10.4. The van der Waals surface area contributed by atoms with E-state index >= 15 is 0 Å². The third-order valence-electron chi connectivity index (χ3n) is 3.75. The Morgan fingerprint density at radius 3 is 2.82 bits per heavy atom. The summed E-state index contributed by atoms with van der Waals surface area (Å²) >= 11 is 0. The molecule has 1 aromatic heterocycles. The third kappa shape index (κ3) is 2.14. The Hall–Kier alpha value is -1.16. The zero-order valence-corrected chi connectivity index (χ0v) is 10.4. The van der Waals surface area contributed by atoms with Gasteiger partial charge in [0.15, 0.2) is 0 Å². The Labute approximate surface area is 102 Å².